The van der Waals surface area contributed by atoms with Crippen LogP contribution in [0.4, 0.5) is 0 Å². The van der Waals surface area contributed by atoms with Crippen LogP contribution in [0, 0.1) is 0 Å². The van der Waals surface area contributed by atoms with E-state index in [0.29, 0.717) is 12.6 Å². The van der Waals surface area contributed by atoms with Gasteiger partial charge in [-0.25, -0.2) is 0 Å². The molecule has 0 aliphatic carbocycles. The van der Waals surface area contributed by atoms with E-state index in [9.17, 15) is 9.59 Å². The number of hydrogen-bond donors (Lipinski definition) is 0. The smallest absolute Gasteiger partial charge is 0.151 e. The van der Waals surface area contributed by atoms with E-state index in [4.69, 9.17) is 14.2 Å². The molecule has 31 heavy (non-hydrogen) atoms. The highest BCUT2D eigenvalue weighted by atomic mass is 16.6. The molecule has 2 atom stereocenters. The Morgan fingerprint density at radius 2 is 0.839 bits per heavy atom. The van der Waals surface area contributed by atoms with Crippen LogP contribution < -0.4 is 0 Å². The fourth-order valence-electron chi connectivity index (χ4n) is 3.10. The second-order valence-corrected chi connectivity index (χ2v) is 7.06. The predicted octanol–water partition coefficient (Wildman–Crippen LogP) is 4.14. The molecule has 2 unspecified atom stereocenters. The summed E-state index contributed by atoms with van der Waals surface area (Å²) in [5, 5.41) is 0. The van der Waals surface area contributed by atoms with E-state index in [1.807, 2.05) is 91.0 Å². The van der Waals surface area contributed by atoms with Crippen molar-refractivity contribution < 1.29 is 23.8 Å². The maximum Gasteiger partial charge on any atom is 0.151 e. The summed E-state index contributed by atoms with van der Waals surface area (Å²) in [5.74, 6) is 0. The molecule has 0 bridgehead atoms. The summed E-state index contributed by atoms with van der Waals surface area (Å²) in [6.07, 6.45) is -1.48. The first-order valence-electron chi connectivity index (χ1n) is 10.2. The van der Waals surface area contributed by atoms with Crippen molar-refractivity contribution >= 4 is 12.6 Å². The lowest BCUT2D eigenvalue weighted by atomic mass is 10.1. The van der Waals surface area contributed by atoms with Crippen LogP contribution in [0.5, 0.6) is 0 Å². The van der Waals surface area contributed by atoms with Gasteiger partial charge in [-0.1, -0.05) is 91.0 Å². The highest BCUT2D eigenvalue weighted by molar-refractivity contribution is 5.63. The summed E-state index contributed by atoms with van der Waals surface area (Å²) < 4.78 is 17.7. The minimum absolute atomic E-state index is 0.222. The zero-order valence-electron chi connectivity index (χ0n) is 17.2. The van der Waals surface area contributed by atoms with Crippen LogP contribution in [0.2, 0.25) is 0 Å². The number of aldehydes is 2. The second kappa shape index (κ2) is 12.5. The van der Waals surface area contributed by atoms with Crippen molar-refractivity contribution in [3.05, 3.63) is 108 Å². The average molecular weight is 418 g/mol. The molecule has 0 N–H and O–H groups in total. The molecule has 3 aromatic carbocycles. The van der Waals surface area contributed by atoms with Gasteiger partial charge in [-0.3, -0.25) is 0 Å². The van der Waals surface area contributed by atoms with Gasteiger partial charge in [-0.2, -0.15) is 0 Å². The van der Waals surface area contributed by atoms with Gasteiger partial charge in [0.15, 0.2) is 12.6 Å². The highest BCUT2D eigenvalue weighted by Crippen LogP contribution is 2.16. The Labute approximate surface area is 182 Å². The summed E-state index contributed by atoms with van der Waals surface area (Å²) in [6.45, 7) is 0.670. The molecule has 0 saturated carbocycles. The summed E-state index contributed by atoms with van der Waals surface area (Å²) >= 11 is 0. The van der Waals surface area contributed by atoms with E-state index in [1.54, 1.807) is 0 Å². The highest BCUT2D eigenvalue weighted by Gasteiger charge is 2.32. The van der Waals surface area contributed by atoms with Crippen LogP contribution in [0.15, 0.2) is 91.0 Å². The molecule has 0 saturated heterocycles. The fourth-order valence-corrected chi connectivity index (χ4v) is 3.10. The first kappa shape index (κ1) is 22.6. The van der Waals surface area contributed by atoms with Gasteiger partial charge in [0.25, 0.3) is 0 Å². The lowest BCUT2D eigenvalue weighted by Crippen LogP contribution is -2.44. The summed E-state index contributed by atoms with van der Waals surface area (Å²) in [4.78, 5) is 23.8. The molecule has 0 heterocycles. The molecule has 5 nitrogen and oxygen atoms in total. The van der Waals surface area contributed by atoms with Gasteiger partial charge in [0.05, 0.1) is 19.8 Å². The van der Waals surface area contributed by atoms with Crippen molar-refractivity contribution in [1.82, 2.24) is 0 Å². The molecule has 3 rings (SSSR count). The molecule has 0 aliphatic rings. The Morgan fingerprint density at radius 1 is 0.516 bits per heavy atom. The van der Waals surface area contributed by atoms with E-state index in [1.165, 1.54) is 0 Å². The Morgan fingerprint density at radius 3 is 1.16 bits per heavy atom. The second-order valence-electron chi connectivity index (χ2n) is 7.06. The number of ether oxygens (including phenoxy) is 3. The molecule has 0 amide bonds. The van der Waals surface area contributed by atoms with Crippen LogP contribution in [0.3, 0.4) is 0 Å². The van der Waals surface area contributed by atoms with Gasteiger partial charge in [-0.05, 0) is 16.7 Å². The van der Waals surface area contributed by atoms with E-state index >= 15 is 0 Å². The van der Waals surface area contributed by atoms with Crippen molar-refractivity contribution in [2.75, 3.05) is 0 Å². The molecule has 0 aromatic heterocycles. The van der Waals surface area contributed by atoms with E-state index in [0.717, 1.165) is 16.7 Å². The lowest BCUT2D eigenvalue weighted by molar-refractivity contribution is -0.161. The van der Waals surface area contributed by atoms with Crippen molar-refractivity contribution in [2.24, 2.45) is 0 Å². The molecular weight excluding hydrogens is 392 g/mol. The van der Waals surface area contributed by atoms with Crippen molar-refractivity contribution in [1.29, 1.82) is 0 Å². The Bertz CT molecular complexity index is 843. The third-order valence-corrected chi connectivity index (χ3v) is 4.77. The average Bonchev–Trinajstić information content (AvgIpc) is 2.84. The Balaban J connectivity index is 1.71. The van der Waals surface area contributed by atoms with E-state index < -0.39 is 18.3 Å². The minimum Gasteiger partial charge on any atom is -0.367 e. The maximum absolute atomic E-state index is 11.9. The van der Waals surface area contributed by atoms with Crippen molar-refractivity contribution in [3.8, 4) is 0 Å². The maximum atomic E-state index is 11.9. The molecule has 160 valence electrons. The van der Waals surface area contributed by atoms with Crippen LogP contribution in [0.1, 0.15) is 16.7 Å². The van der Waals surface area contributed by atoms with Gasteiger partial charge in [-0.15, -0.1) is 0 Å². The quantitative estimate of drug-likeness (QED) is 0.391. The predicted molar refractivity (Wildman–Crippen MR) is 117 cm³/mol. The number of carbonyl (C=O) groups excluding carboxylic acids is 2. The zero-order chi connectivity index (χ0) is 21.7. The molecular formula is C26H26O5. The minimum atomic E-state index is -0.963. The first-order valence-corrected chi connectivity index (χ1v) is 10.2. The van der Waals surface area contributed by atoms with Crippen molar-refractivity contribution in [2.45, 2.75) is 38.1 Å². The topological polar surface area (TPSA) is 61.8 Å². The molecule has 0 spiro atoms. The SMILES string of the molecule is O=CC(OCc1ccccc1)C(OCc1ccccc1)C(C=O)OCc1ccccc1. The zero-order valence-corrected chi connectivity index (χ0v) is 17.2. The van der Waals surface area contributed by atoms with Crippen LogP contribution in [-0.2, 0) is 43.6 Å². The van der Waals surface area contributed by atoms with Crippen LogP contribution in [0.25, 0.3) is 0 Å². The summed E-state index contributed by atoms with van der Waals surface area (Å²) in [5.41, 5.74) is 2.76. The molecule has 0 fully saturated rings. The first-order chi connectivity index (χ1) is 15.3. The monoisotopic (exact) mass is 418 g/mol. The standard InChI is InChI=1S/C26H26O5/c27-16-24(29-18-21-10-4-1-5-11-21)26(31-20-23-14-8-3-9-15-23)25(17-28)30-19-22-12-6-2-7-13-22/h1-17,24-26H,18-20H2. The molecule has 0 radical (unpaired) electrons. The summed E-state index contributed by atoms with van der Waals surface area (Å²) in [7, 11) is 0. The third kappa shape index (κ3) is 7.26. The summed E-state index contributed by atoms with van der Waals surface area (Å²) in [6, 6.07) is 28.6. The van der Waals surface area contributed by atoms with Gasteiger partial charge < -0.3 is 23.8 Å². The Hall–Kier alpha value is -3.12. The lowest BCUT2D eigenvalue weighted by Gasteiger charge is -2.28. The van der Waals surface area contributed by atoms with Gasteiger partial charge >= 0.3 is 0 Å². The third-order valence-electron chi connectivity index (χ3n) is 4.77. The largest absolute Gasteiger partial charge is 0.367 e. The number of hydrogen-bond acceptors (Lipinski definition) is 5. The van der Waals surface area contributed by atoms with Gasteiger partial charge in [0, 0.05) is 0 Å². The van der Waals surface area contributed by atoms with Gasteiger partial charge in [0.2, 0.25) is 0 Å². The Kier molecular flexibility index (Phi) is 9.13. The number of benzene rings is 3. The fraction of sp³-hybridized carbons (Fsp3) is 0.231. The molecule has 0 aliphatic heterocycles. The van der Waals surface area contributed by atoms with E-state index in [-0.39, 0.29) is 19.8 Å². The molecule has 5 heteroatoms. The number of rotatable bonds is 13. The van der Waals surface area contributed by atoms with Crippen LogP contribution >= 0.6 is 0 Å². The van der Waals surface area contributed by atoms with E-state index in [2.05, 4.69) is 0 Å². The van der Waals surface area contributed by atoms with Crippen LogP contribution in [-0.4, -0.2) is 30.9 Å². The normalized spacial score (nSPS) is 13.8. The van der Waals surface area contributed by atoms with Gasteiger partial charge in [0.1, 0.15) is 18.3 Å². The molecule has 3 aromatic rings. The number of carbonyl (C=O) groups is 2. The van der Waals surface area contributed by atoms with Crippen molar-refractivity contribution in [3.63, 3.8) is 0 Å².